The highest BCUT2D eigenvalue weighted by Crippen LogP contribution is 2.27. The van der Waals surface area contributed by atoms with Gasteiger partial charge in [-0.05, 0) is 44.5 Å². The molecule has 0 bridgehead atoms. The lowest BCUT2D eigenvalue weighted by Gasteiger charge is -2.31. The topological polar surface area (TPSA) is 86.8 Å². The number of nitrogens with zero attached hydrogens (tertiary/aromatic N) is 2. The van der Waals surface area contributed by atoms with Crippen LogP contribution in [0.5, 0.6) is 0 Å². The molecule has 2 amide bonds. The van der Waals surface area contributed by atoms with E-state index in [-0.39, 0.29) is 28.2 Å². The van der Waals surface area contributed by atoms with Gasteiger partial charge < -0.3 is 10.2 Å². The van der Waals surface area contributed by atoms with E-state index in [4.69, 9.17) is 23.2 Å². The Kier molecular flexibility index (Phi) is 8.95. The van der Waals surface area contributed by atoms with Crippen LogP contribution in [0.25, 0.3) is 0 Å². The van der Waals surface area contributed by atoms with E-state index in [1.54, 1.807) is 13.8 Å². The monoisotopic (exact) mass is 499 g/mol. The van der Waals surface area contributed by atoms with Crippen molar-refractivity contribution in [3.05, 3.63) is 63.6 Å². The second-order valence-electron chi connectivity index (χ2n) is 7.48. The summed E-state index contributed by atoms with van der Waals surface area (Å²) in [6.07, 6.45) is 0.993. The molecule has 0 unspecified atom stereocenters. The van der Waals surface area contributed by atoms with Gasteiger partial charge in [-0.3, -0.25) is 13.9 Å². The third kappa shape index (κ3) is 7.12. The van der Waals surface area contributed by atoms with Gasteiger partial charge in [-0.25, -0.2) is 8.42 Å². The van der Waals surface area contributed by atoms with Gasteiger partial charge in [0.1, 0.15) is 12.6 Å². The predicted molar refractivity (Wildman–Crippen MR) is 129 cm³/mol. The Morgan fingerprint density at radius 3 is 2.12 bits per heavy atom. The van der Waals surface area contributed by atoms with Crippen molar-refractivity contribution in [3.8, 4) is 0 Å². The number of sulfonamides is 1. The number of carbonyl (C=O) groups is 2. The highest BCUT2D eigenvalue weighted by Gasteiger charge is 2.30. The van der Waals surface area contributed by atoms with Gasteiger partial charge in [0.2, 0.25) is 21.8 Å². The maximum Gasteiger partial charge on any atom is 0.244 e. The van der Waals surface area contributed by atoms with Crippen molar-refractivity contribution in [3.63, 3.8) is 0 Å². The standard InChI is InChI=1S/C22H27Cl2N3O4S/c1-5-25-22(29)16(3)26(13-17-8-6-15(2)7-9-17)21(28)14-27(32(4,30)31)20-11-18(23)10-19(24)12-20/h6-12,16H,5,13-14H2,1-4H3,(H,25,29)/t16-/m0/s1. The zero-order valence-electron chi connectivity index (χ0n) is 18.4. The third-order valence-corrected chi connectivity index (χ3v) is 6.38. The van der Waals surface area contributed by atoms with Gasteiger partial charge in [0.05, 0.1) is 11.9 Å². The molecule has 2 rings (SSSR count). The molecule has 0 fully saturated rings. The Bertz CT molecular complexity index is 1050. The summed E-state index contributed by atoms with van der Waals surface area (Å²) >= 11 is 12.1. The minimum absolute atomic E-state index is 0.144. The number of rotatable bonds is 9. The van der Waals surface area contributed by atoms with E-state index < -0.39 is 28.5 Å². The van der Waals surface area contributed by atoms with Crippen molar-refractivity contribution in [2.75, 3.05) is 23.7 Å². The average Bonchev–Trinajstić information content (AvgIpc) is 2.69. The van der Waals surface area contributed by atoms with Crippen LogP contribution in [0.3, 0.4) is 0 Å². The van der Waals surface area contributed by atoms with Crippen molar-refractivity contribution >= 4 is 50.7 Å². The first-order chi connectivity index (χ1) is 14.9. The number of nitrogens with one attached hydrogen (secondary N) is 1. The minimum atomic E-state index is -3.85. The third-order valence-electron chi connectivity index (χ3n) is 4.81. The summed E-state index contributed by atoms with van der Waals surface area (Å²) in [5.74, 6) is -0.865. The zero-order chi connectivity index (χ0) is 24.1. The van der Waals surface area contributed by atoms with E-state index in [1.807, 2.05) is 31.2 Å². The number of anilines is 1. The van der Waals surface area contributed by atoms with Crippen molar-refractivity contribution < 1.29 is 18.0 Å². The molecular weight excluding hydrogens is 473 g/mol. The highest BCUT2D eigenvalue weighted by atomic mass is 35.5. The van der Waals surface area contributed by atoms with Crippen molar-refractivity contribution in [2.24, 2.45) is 0 Å². The zero-order valence-corrected chi connectivity index (χ0v) is 20.8. The Balaban J connectivity index is 2.40. The van der Waals surface area contributed by atoms with Gasteiger partial charge in [0.25, 0.3) is 0 Å². The van der Waals surface area contributed by atoms with Crippen LogP contribution >= 0.6 is 23.2 Å². The van der Waals surface area contributed by atoms with E-state index >= 15 is 0 Å². The number of aryl methyl sites for hydroxylation is 1. The number of benzene rings is 2. The number of hydrogen-bond donors (Lipinski definition) is 1. The predicted octanol–water partition coefficient (Wildman–Crippen LogP) is 3.62. The van der Waals surface area contributed by atoms with Gasteiger partial charge >= 0.3 is 0 Å². The first-order valence-electron chi connectivity index (χ1n) is 9.99. The van der Waals surface area contributed by atoms with Gasteiger partial charge in [-0.2, -0.15) is 0 Å². The van der Waals surface area contributed by atoms with Gasteiger partial charge in [0, 0.05) is 23.1 Å². The summed E-state index contributed by atoms with van der Waals surface area (Å²) in [5.41, 5.74) is 2.04. The highest BCUT2D eigenvalue weighted by molar-refractivity contribution is 7.92. The summed E-state index contributed by atoms with van der Waals surface area (Å²) in [5, 5.41) is 3.18. The molecule has 10 heteroatoms. The molecule has 0 spiro atoms. The fourth-order valence-corrected chi connectivity index (χ4v) is 4.44. The van der Waals surface area contributed by atoms with E-state index in [0.29, 0.717) is 6.54 Å². The molecule has 32 heavy (non-hydrogen) atoms. The summed E-state index contributed by atoms with van der Waals surface area (Å²) in [4.78, 5) is 27.2. The summed E-state index contributed by atoms with van der Waals surface area (Å²) in [6.45, 7) is 5.38. The van der Waals surface area contributed by atoms with Crippen LogP contribution in [0.15, 0.2) is 42.5 Å². The molecule has 7 nitrogen and oxygen atoms in total. The molecule has 0 saturated heterocycles. The largest absolute Gasteiger partial charge is 0.355 e. The Hall–Kier alpha value is -2.29. The molecule has 174 valence electrons. The molecule has 0 aromatic heterocycles. The molecular formula is C22H27Cl2N3O4S. The summed E-state index contributed by atoms with van der Waals surface area (Å²) in [6, 6.07) is 11.0. The first-order valence-corrected chi connectivity index (χ1v) is 12.6. The van der Waals surface area contributed by atoms with E-state index in [9.17, 15) is 18.0 Å². The van der Waals surface area contributed by atoms with Crippen molar-refractivity contribution in [1.29, 1.82) is 0 Å². The molecule has 0 aliphatic carbocycles. The lowest BCUT2D eigenvalue weighted by Crippen LogP contribution is -2.51. The molecule has 2 aromatic rings. The maximum atomic E-state index is 13.3. The van der Waals surface area contributed by atoms with Crippen LogP contribution in [-0.2, 0) is 26.2 Å². The van der Waals surface area contributed by atoms with Crippen LogP contribution < -0.4 is 9.62 Å². The molecule has 1 atom stereocenters. The number of hydrogen-bond acceptors (Lipinski definition) is 4. The fraction of sp³-hybridized carbons (Fsp3) is 0.364. The van der Waals surface area contributed by atoms with Crippen LogP contribution in [0, 0.1) is 6.92 Å². The number of halogens is 2. The van der Waals surface area contributed by atoms with Gasteiger partial charge in [-0.1, -0.05) is 53.0 Å². The molecule has 0 aliphatic heterocycles. The SMILES string of the molecule is CCNC(=O)[C@H](C)N(Cc1ccc(C)cc1)C(=O)CN(c1cc(Cl)cc(Cl)c1)S(C)(=O)=O. The van der Waals surface area contributed by atoms with E-state index in [0.717, 1.165) is 21.7 Å². The second kappa shape index (κ2) is 11.0. The normalized spacial score (nSPS) is 12.2. The van der Waals surface area contributed by atoms with Crippen LogP contribution in [-0.4, -0.2) is 50.5 Å². The molecule has 0 aliphatic rings. The Morgan fingerprint density at radius 2 is 1.62 bits per heavy atom. The lowest BCUT2D eigenvalue weighted by molar-refractivity contribution is -0.139. The maximum absolute atomic E-state index is 13.3. The number of likely N-dealkylation sites (N-methyl/N-ethyl adjacent to an activating group) is 1. The van der Waals surface area contributed by atoms with Crippen LogP contribution in [0.2, 0.25) is 10.0 Å². The second-order valence-corrected chi connectivity index (χ2v) is 10.3. The van der Waals surface area contributed by atoms with Gasteiger partial charge in [0.15, 0.2) is 0 Å². The molecule has 1 N–H and O–H groups in total. The van der Waals surface area contributed by atoms with E-state index in [2.05, 4.69) is 5.32 Å². The Labute approximate surface area is 199 Å². The quantitative estimate of drug-likeness (QED) is 0.570. The van der Waals surface area contributed by atoms with E-state index in [1.165, 1.54) is 23.1 Å². The lowest BCUT2D eigenvalue weighted by atomic mass is 10.1. The van der Waals surface area contributed by atoms with Crippen molar-refractivity contribution in [2.45, 2.75) is 33.4 Å². The van der Waals surface area contributed by atoms with Gasteiger partial charge in [-0.15, -0.1) is 0 Å². The molecule has 2 aromatic carbocycles. The Morgan fingerprint density at radius 1 is 1.06 bits per heavy atom. The summed E-state index contributed by atoms with van der Waals surface area (Å²) in [7, 11) is -3.85. The van der Waals surface area contributed by atoms with Crippen LogP contribution in [0.1, 0.15) is 25.0 Å². The molecule has 0 radical (unpaired) electrons. The summed E-state index contributed by atoms with van der Waals surface area (Å²) < 4.78 is 25.9. The smallest absolute Gasteiger partial charge is 0.244 e. The fourth-order valence-electron chi connectivity index (χ4n) is 3.09. The minimum Gasteiger partial charge on any atom is -0.355 e. The number of amides is 2. The molecule has 0 heterocycles. The average molecular weight is 500 g/mol. The number of carbonyl (C=O) groups excluding carboxylic acids is 2. The van der Waals surface area contributed by atoms with Crippen LogP contribution in [0.4, 0.5) is 5.69 Å². The molecule has 0 saturated carbocycles. The van der Waals surface area contributed by atoms with Crippen molar-refractivity contribution in [1.82, 2.24) is 10.2 Å². The first kappa shape index (κ1) is 26.0.